The van der Waals surface area contributed by atoms with E-state index in [4.69, 9.17) is 0 Å². The molecular weight excluding hydrogens is 132 g/mol. The van der Waals surface area contributed by atoms with Crippen LogP contribution in [0.4, 0.5) is 0 Å². The summed E-state index contributed by atoms with van der Waals surface area (Å²) in [5.74, 6) is 0.591. The molecule has 0 amide bonds. The maximum absolute atomic E-state index is 3.90. The molecule has 0 atom stereocenters. The minimum Gasteiger partial charge on any atom is -0.106 e. The van der Waals surface area contributed by atoms with Crippen molar-refractivity contribution in [1.29, 1.82) is 0 Å². The van der Waals surface area contributed by atoms with Crippen molar-refractivity contribution in [2.75, 3.05) is 0 Å². The molecule has 0 heteroatoms. The Morgan fingerprint density at radius 2 is 1.82 bits per heavy atom. The van der Waals surface area contributed by atoms with Crippen molar-refractivity contribution in [2.24, 2.45) is 5.92 Å². The van der Waals surface area contributed by atoms with Gasteiger partial charge in [-0.3, -0.25) is 0 Å². The average Bonchev–Trinajstić information content (AvgIpc) is 2.03. The number of hydrogen-bond donors (Lipinski definition) is 0. The molecule has 0 aromatic carbocycles. The lowest BCUT2D eigenvalue weighted by molar-refractivity contribution is 0.794. The standard InChI is InChI=1S/C9H16.C2H4/c1-5-6-7-9(4)8(2)3;1-2/h6-8H,4-5H2,1-3H3;1-2H2/b7-6-;. The third-order valence-corrected chi connectivity index (χ3v) is 1.31. The molecule has 0 saturated carbocycles. The van der Waals surface area contributed by atoms with Gasteiger partial charge in [-0.05, 0) is 12.3 Å². The first-order valence-electron chi connectivity index (χ1n) is 4.03. The molecule has 0 unspecified atom stereocenters. The van der Waals surface area contributed by atoms with E-state index in [0.29, 0.717) is 5.92 Å². The maximum Gasteiger partial charge on any atom is -0.0225 e. The first-order chi connectivity index (χ1) is 5.18. The zero-order chi connectivity index (χ0) is 9.28. The minimum atomic E-state index is 0.591. The van der Waals surface area contributed by atoms with E-state index in [1.54, 1.807) is 0 Å². The van der Waals surface area contributed by atoms with E-state index < -0.39 is 0 Å². The SMILES string of the molecule is C=C.C=C(/C=C\CC)C(C)C. The third kappa shape index (κ3) is 9.22. The van der Waals surface area contributed by atoms with E-state index in [1.165, 1.54) is 5.57 Å². The highest BCUT2D eigenvalue weighted by molar-refractivity contribution is 5.15. The van der Waals surface area contributed by atoms with Crippen molar-refractivity contribution < 1.29 is 0 Å². The van der Waals surface area contributed by atoms with Gasteiger partial charge in [0.15, 0.2) is 0 Å². The molecule has 0 fully saturated rings. The first-order valence-corrected chi connectivity index (χ1v) is 4.03. The Bertz CT molecular complexity index is 118. The van der Waals surface area contributed by atoms with Crippen molar-refractivity contribution in [3.05, 3.63) is 37.5 Å². The third-order valence-electron chi connectivity index (χ3n) is 1.31. The van der Waals surface area contributed by atoms with E-state index >= 15 is 0 Å². The van der Waals surface area contributed by atoms with E-state index in [9.17, 15) is 0 Å². The van der Waals surface area contributed by atoms with Crippen LogP contribution in [0, 0.1) is 5.92 Å². The van der Waals surface area contributed by atoms with Crippen molar-refractivity contribution in [1.82, 2.24) is 0 Å². The molecule has 0 saturated heterocycles. The maximum atomic E-state index is 3.90. The Kier molecular flexibility index (Phi) is 10.8. The predicted molar refractivity (Wildman–Crippen MR) is 54.7 cm³/mol. The molecule has 0 spiro atoms. The minimum absolute atomic E-state index is 0.591. The van der Waals surface area contributed by atoms with Gasteiger partial charge in [-0.15, -0.1) is 13.2 Å². The Morgan fingerprint density at radius 3 is 2.09 bits per heavy atom. The van der Waals surface area contributed by atoms with Gasteiger partial charge in [0.25, 0.3) is 0 Å². The van der Waals surface area contributed by atoms with Crippen LogP contribution in [-0.4, -0.2) is 0 Å². The summed E-state index contributed by atoms with van der Waals surface area (Å²) in [5.41, 5.74) is 1.22. The molecule has 0 aliphatic carbocycles. The number of allylic oxidation sites excluding steroid dienone is 3. The Balaban J connectivity index is 0. The second kappa shape index (κ2) is 9.22. The van der Waals surface area contributed by atoms with E-state index in [2.05, 4.69) is 52.7 Å². The van der Waals surface area contributed by atoms with Crippen LogP contribution in [0.1, 0.15) is 27.2 Å². The zero-order valence-corrected chi connectivity index (χ0v) is 8.06. The monoisotopic (exact) mass is 152 g/mol. The Morgan fingerprint density at radius 1 is 1.36 bits per heavy atom. The second-order valence-electron chi connectivity index (χ2n) is 2.54. The fourth-order valence-electron chi connectivity index (χ4n) is 0.462. The Hall–Kier alpha value is -0.780. The van der Waals surface area contributed by atoms with E-state index in [-0.39, 0.29) is 0 Å². The number of rotatable bonds is 3. The zero-order valence-electron chi connectivity index (χ0n) is 8.06. The summed E-state index contributed by atoms with van der Waals surface area (Å²) in [5, 5.41) is 0. The largest absolute Gasteiger partial charge is 0.106 e. The average molecular weight is 152 g/mol. The normalized spacial score (nSPS) is 9.45. The molecule has 0 nitrogen and oxygen atoms in total. The lowest BCUT2D eigenvalue weighted by Gasteiger charge is -2.01. The fraction of sp³-hybridized carbons (Fsp3) is 0.455. The van der Waals surface area contributed by atoms with Gasteiger partial charge in [0, 0.05) is 0 Å². The molecule has 64 valence electrons. The van der Waals surface area contributed by atoms with Crippen molar-refractivity contribution in [3.63, 3.8) is 0 Å². The molecular formula is C11H20. The Labute approximate surface area is 71.3 Å². The summed E-state index contributed by atoms with van der Waals surface area (Å²) in [4.78, 5) is 0. The summed E-state index contributed by atoms with van der Waals surface area (Å²) >= 11 is 0. The quantitative estimate of drug-likeness (QED) is 0.424. The van der Waals surface area contributed by atoms with Gasteiger partial charge in [0.2, 0.25) is 0 Å². The summed E-state index contributed by atoms with van der Waals surface area (Å²) in [6, 6.07) is 0. The van der Waals surface area contributed by atoms with Gasteiger partial charge in [-0.25, -0.2) is 0 Å². The van der Waals surface area contributed by atoms with Gasteiger partial charge in [0.1, 0.15) is 0 Å². The van der Waals surface area contributed by atoms with Crippen LogP contribution in [0.3, 0.4) is 0 Å². The van der Waals surface area contributed by atoms with Crippen molar-refractivity contribution in [3.8, 4) is 0 Å². The highest BCUT2D eigenvalue weighted by Gasteiger charge is 1.92. The topological polar surface area (TPSA) is 0 Å². The van der Waals surface area contributed by atoms with Gasteiger partial charge in [-0.1, -0.05) is 45.1 Å². The molecule has 0 aromatic rings. The van der Waals surface area contributed by atoms with Crippen molar-refractivity contribution in [2.45, 2.75) is 27.2 Å². The molecule has 0 rings (SSSR count). The van der Waals surface area contributed by atoms with E-state index in [0.717, 1.165) is 6.42 Å². The predicted octanol–water partition coefficient (Wildman–Crippen LogP) is 3.97. The lowest BCUT2D eigenvalue weighted by Crippen LogP contribution is -1.86. The number of hydrogen-bond acceptors (Lipinski definition) is 0. The van der Waals surface area contributed by atoms with Gasteiger partial charge in [0.05, 0.1) is 0 Å². The summed E-state index contributed by atoms with van der Waals surface area (Å²) in [6.45, 7) is 16.3. The van der Waals surface area contributed by atoms with E-state index in [1.807, 2.05) is 0 Å². The molecule has 0 aromatic heterocycles. The van der Waals surface area contributed by atoms with Gasteiger partial charge < -0.3 is 0 Å². The van der Waals surface area contributed by atoms with Crippen molar-refractivity contribution >= 4 is 0 Å². The summed E-state index contributed by atoms with van der Waals surface area (Å²) < 4.78 is 0. The highest BCUT2D eigenvalue weighted by Crippen LogP contribution is 2.07. The smallest absolute Gasteiger partial charge is 0.0225 e. The van der Waals surface area contributed by atoms with Crippen LogP contribution in [0.25, 0.3) is 0 Å². The van der Waals surface area contributed by atoms with Crippen LogP contribution >= 0.6 is 0 Å². The summed E-state index contributed by atoms with van der Waals surface area (Å²) in [7, 11) is 0. The van der Waals surface area contributed by atoms with Crippen LogP contribution < -0.4 is 0 Å². The van der Waals surface area contributed by atoms with Gasteiger partial charge in [-0.2, -0.15) is 0 Å². The first kappa shape index (κ1) is 12.9. The highest BCUT2D eigenvalue weighted by atomic mass is 14.0. The molecule has 0 aliphatic rings. The molecule has 11 heavy (non-hydrogen) atoms. The molecule has 0 N–H and O–H groups in total. The molecule has 0 heterocycles. The summed E-state index contributed by atoms with van der Waals surface area (Å²) in [6.07, 6.45) is 5.35. The molecule has 0 radical (unpaired) electrons. The fourth-order valence-corrected chi connectivity index (χ4v) is 0.462. The lowest BCUT2D eigenvalue weighted by atomic mass is 10.1. The van der Waals surface area contributed by atoms with Gasteiger partial charge >= 0.3 is 0 Å². The van der Waals surface area contributed by atoms with Crippen LogP contribution in [0.15, 0.2) is 37.5 Å². The second-order valence-corrected chi connectivity index (χ2v) is 2.54. The van der Waals surface area contributed by atoms with Crippen LogP contribution in [0.2, 0.25) is 0 Å². The van der Waals surface area contributed by atoms with Crippen LogP contribution in [-0.2, 0) is 0 Å². The molecule has 0 aliphatic heterocycles. The van der Waals surface area contributed by atoms with Crippen LogP contribution in [0.5, 0.6) is 0 Å². The molecule has 0 bridgehead atoms.